The summed E-state index contributed by atoms with van der Waals surface area (Å²) in [5.41, 5.74) is 2.72. The Morgan fingerprint density at radius 1 is 1.44 bits per heavy atom. The Morgan fingerprint density at radius 3 is 2.78 bits per heavy atom. The quantitative estimate of drug-likeness (QED) is 0.854. The van der Waals surface area contributed by atoms with Crippen LogP contribution in [0.25, 0.3) is 0 Å². The Balaban J connectivity index is 2.26. The van der Waals surface area contributed by atoms with Crippen LogP contribution in [0.4, 0.5) is 5.69 Å². The van der Waals surface area contributed by atoms with E-state index in [2.05, 4.69) is 28.7 Å². The monoisotopic (exact) mass is 259 g/mol. The summed E-state index contributed by atoms with van der Waals surface area (Å²) in [5, 5.41) is 0.586. The molecule has 5 heteroatoms. The third kappa shape index (κ3) is 2.88. The molecule has 3 nitrogen and oxygen atoms in total. The van der Waals surface area contributed by atoms with E-state index in [-0.39, 0.29) is 0 Å². The number of anilines is 1. The van der Waals surface area contributed by atoms with E-state index in [1.165, 1.54) is 0 Å². The molecular weight excluding hydrogens is 244 g/mol. The van der Waals surface area contributed by atoms with Crippen LogP contribution in [-0.4, -0.2) is 23.9 Å². The van der Waals surface area contributed by atoms with E-state index >= 15 is 0 Å². The van der Waals surface area contributed by atoms with Crippen LogP contribution >= 0.6 is 11.6 Å². The zero-order valence-corrected chi connectivity index (χ0v) is 11.3. The summed E-state index contributed by atoms with van der Waals surface area (Å²) >= 11 is 6.07. The number of nitrogens with zero attached hydrogens (tertiary/aromatic N) is 2. The van der Waals surface area contributed by atoms with Crippen molar-refractivity contribution >= 4 is 30.6 Å². The highest BCUT2D eigenvalue weighted by Gasteiger charge is 2.12. The number of hydrogen-bond donors (Lipinski definition) is 1. The molecule has 18 heavy (non-hydrogen) atoms. The predicted molar refractivity (Wildman–Crippen MR) is 76.7 cm³/mol. The third-order valence-corrected chi connectivity index (χ3v) is 3.16. The lowest BCUT2D eigenvalue weighted by atomic mass is 9.96. The van der Waals surface area contributed by atoms with E-state index in [1.54, 1.807) is 6.33 Å². The minimum absolute atomic E-state index is 0.355. The van der Waals surface area contributed by atoms with Crippen molar-refractivity contribution in [1.82, 2.24) is 9.97 Å². The van der Waals surface area contributed by atoms with Gasteiger partial charge in [0.15, 0.2) is 0 Å². The van der Waals surface area contributed by atoms with Crippen LogP contribution in [0, 0.1) is 0 Å². The lowest BCUT2D eigenvalue weighted by Gasteiger charge is -2.29. The molecule has 1 aromatic heterocycles. The Labute approximate surface area is 114 Å². The lowest BCUT2D eigenvalue weighted by Crippen LogP contribution is -2.30. The van der Waals surface area contributed by atoms with Crippen molar-refractivity contribution in [2.45, 2.75) is 26.4 Å². The van der Waals surface area contributed by atoms with Crippen molar-refractivity contribution in [1.29, 1.82) is 0 Å². The second kappa shape index (κ2) is 5.48. The molecule has 2 rings (SSSR count). The molecule has 2 aromatic rings. The van der Waals surface area contributed by atoms with Crippen molar-refractivity contribution in [3.63, 3.8) is 0 Å². The van der Waals surface area contributed by atoms with Crippen LogP contribution in [0.1, 0.15) is 19.5 Å². The molecule has 92 valence electrons. The first-order valence-corrected chi connectivity index (χ1v) is 6.24. The summed E-state index contributed by atoms with van der Waals surface area (Å²) < 4.78 is 0. The molecule has 0 bridgehead atoms. The number of aromatic amines is 1. The van der Waals surface area contributed by atoms with Crippen LogP contribution in [0.3, 0.4) is 0 Å². The first kappa shape index (κ1) is 13.0. The van der Waals surface area contributed by atoms with Crippen LogP contribution in [-0.2, 0) is 6.54 Å². The summed E-state index contributed by atoms with van der Waals surface area (Å²) in [5.74, 6) is 0. The summed E-state index contributed by atoms with van der Waals surface area (Å²) in [4.78, 5) is 9.37. The molecule has 0 amide bonds. The molecular formula is C13H15BClN3. The Bertz CT molecular complexity index is 511. The number of benzene rings is 1. The molecule has 1 heterocycles. The predicted octanol–water partition coefficient (Wildman–Crippen LogP) is 2.27. The van der Waals surface area contributed by atoms with E-state index in [9.17, 15) is 0 Å². The molecule has 0 spiro atoms. The molecule has 0 unspecified atom stereocenters. The average Bonchev–Trinajstić information content (AvgIpc) is 2.82. The topological polar surface area (TPSA) is 31.9 Å². The third-order valence-electron chi connectivity index (χ3n) is 2.83. The van der Waals surface area contributed by atoms with Crippen LogP contribution in [0.2, 0.25) is 5.02 Å². The highest BCUT2D eigenvalue weighted by atomic mass is 35.5. The number of nitrogens with one attached hydrogen (secondary N) is 1. The van der Waals surface area contributed by atoms with Crippen LogP contribution in [0.5, 0.6) is 0 Å². The van der Waals surface area contributed by atoms with E-state index < -0.39 is 0 Å². The lowest BCUT2D eigenvalue weighted by molar-refractivity contribution is 0.675. The molecule has 0 aliphatic rings. The summed E-state index contributed by atoms with van der Waals surface area (Å²) in [6, 6.07) is 6.07. The van der Waals surface area contributed by atoms with Gasteiger partial charge in [-0.1, -0.05) is 23.1 Å². The summed E-state index contributed by atoms with van der Waals surface area (Å²) in [6.45, 7) is 5.04. The maximum absolute atomic E-state index is 6.07. The number of halogens is 1. The van der Waals surface area contributed by atoms with Gasteiger partial charge in [0, 0.05) is 22.9 Å². The highest BCUT2D eigenvalue weighted by Crippen LogP contribution is 2.21. The van der Waals surface area contributed by atoms with E-state index in [0.29, 0.717) is 16.5 Å². The number of imidazole rings is 1. The number of aromatic nitrogens is 2. The van der Waals surface area contributed by atoms with Gasteiger partial charge in [0.05, 0.1) is 18.6 Å². The number of H-pyrrole nitrogens is 1. The van der Waals surface area contributed by atoms with Crippen molar-refractivity contribution in [2.24, 2.45) is 0 Å². The zero-order valence-electron chi connectivity index (χ0n) is 10.5. The van der Waals surface area contributed by atoms with Crippen molar-refractivity contribution < 1.29 is 0 Å². The van der Waals surface area contributed by atoms with Gasteiger partial charge in [0.25, 0.3) is 0 Å². The van der Waals surface area contributed by atoms with Gasteiger partial charge < -0.3 is 9.88 Å². The van der Waals surface area contributed by atoms with Gasteiger partial charge in [-0.25, -0.2) is 4.98 Å². The van der Waals surface area contributed by atoms with Gasteiger partial charge in [-0.3, -0.25) is 0 Å². The fraction of sp³-hybridized carbons (Fsp3) is 0.308. The Kier molecular flexibility index (Phi) is 3.97. The first-order chi connectivity index (χ1) is 8.58. The zero-order chi connectivity index (χ0) is 13.1. The molecule has 0 saturated heterocycles. The van der Waals surface area contributed by atoms with Gasteiger partial charge in [0.1, 0.15) is 7.85 Å². The van der Waals surface area contributed by atoms with Gasteiger partial charge in [0.2, 0.25) is 0 Å². The second-order valence-corrected chi connectivity index (χ2v) is 4.91. The van der Waals surface area contributed by atoms with Crippen LogP contribution in [0.15, 0.2) is 30.7 Å². The van der Waals surface area contributed by atoms with Gasteiger partial charge >= 0.3 is 0 Å². The van der Waals surface area contributed by atoms with E-state index in [4.69, 9.17) is 19.4 Å². The molecule has 1 aromatic carbocycles. The van der Waals surface area contributed by atoms with Crippen LogP contribution < -0.4 is 10.4 Å². The highest BCUT2D eigenvalue weighted by molar-refractivity contribution is 6.45. The average molecular weight is 260 g/mol. The normalized spacial score (nSPS) is 10.9. The van der Waals surface area contributed by atoms with Gasteiger partial charge in [-0.15, -0.1) is 0 Å². The standard InChI is InChI=1S/C13H15BClN3/c1-9(2)18(7-10-6-16-8-17-10)11-3-4-12(14)13(15)5-11/h3-6,8-9H,7H2,1-2H3,(H,16,17). The number of rotatable bonds is 4. The molecule has 0 aliphatic carbocycles. The second-order valence-electron chi connectivity index (χ2n) is 4.50. The molecule has 0 atom stereocenters. The van der Waals surface area contributed by atoms with Crippen molar-refractivity contribution in [3.8, 4) is 0 Å². The Hall–Kier alpha value is -1.42. The largest absolute Gasteiger partial charge is 0.363 e. The minimum atomic E-state index is 0.355. The SMILES string of the molecule is [B]c1ccc(N(Cc2cnc[nH]2)C(C)C)cc1Cl. The summed E-state index contributed by atoms with van der Waals surface area (Å²) in [6.07, 6.45) is 3.51. The molecule has 0 aliphatic heterocycles. The van der Waals surface area contributed by atoms with Crippen molar-refractivity contribution in [2.75, 3.05) is 4.90 Å². The van der Waals surface area contributed by atoms with Gasteiger partial charge in [-0.05, 0) is 26.0 Å². The van der Waals surface area contributed by atoms with Gasteiger partial charge in [-0.2, -0.15) is 0 Å². The fourth-order valence-corrected chi connectivity index (χ4v) is 2.00. The Morgan fingerprint density at radius 2 is 2.22 bits per heavy atom. The number of hydrogen-bond acceptors (Lipinski definition) is 2. The van der Waals surface area contributed by atoms with Crippen molar-refractivity contribution in [3.05, 3.63) is 41.4 Å². The molecule has 2 radical (unpaired) electrons. The minimum Gasteiger partial charge on any atom is -0.363 e. The first-order valence-electron chi connectivity index (χ1n) is 5.87. The smallest absolute Gasteiger partial charge is 0.115 e. The maximum Gasteiger partial charge on any atom is 0.115 e. The summed E-state index contributed by atoms with van der Waals surface area (Å²) in [7, 11) is 5.73. The molecule has 0 saturated carbocycles. The molecule has 0 fully saturated rings. The maximum atomic E-state index is 6.07. The van der Waals surface area contributed by atoms with E-state index in [0.717, 1.165) is 17.9 Å². The van der Waals surface area contributed by atoms with E-state index in [1.807, 2.05) is 24.4 Å². The fourth-order valence-electron chi connectivity index (χ4n) is 1.82. The molecule has 1 N–H and O–H groups in total.